The average Bonchev–Trinajstić information content (AvgIpc) is 2.93. The van der Waals surface area contributed by atoms with Gasteiger partial charge in [-0.2, -0.15) is 0 Å². The first-order valence-corrected chi connectivity index (χ1v) is 37.1. The minimum atomic E-state index is -4.39. The SMILES string of the molecule is CCC(C)(C)C(=O)OC[Si]12O[Si]3(CC(C)C)O[Si]4(CC(C)C)O[Si](CC(C)C)(O1)O[Si]1(CC(C)C)O[Si](CC(C)C)(O2)O[Si](CC(C)C)(O3)O[Si](CC(C)C)(O4)O1. The lowest BCUT2D eigenvalue weighted by atomic mass is 9.91. The van der Waals surface area contributed by atoms with Gasteiger partial charge >= 0.3 is 76.4 Å². The van der Waals surface area contributed by atoms with E-state index >= 15 is 0 Å². The highest BCUT2D eigenvalue weighted by atomic mass is 28.6. The molecule has 0 aromatic heterocycles. The van der Waals surface area contributed by atoms with Gasteiger partial charge in [-0.1, -0.05) is 104 Å². The lowest BCUT2D eigenvalue weighted by molar-refractivity contribution is -0.154. The molecule has 6 saturated heterocycles. The summed E-state index contributed by atoms with van der Waals surface area (Å²) in [6.45, 7) is 35.4. The van der Waals surface area contributed by atoms with Crippen LogP contribution in [0.3, 0.4) is 0 Å². The Labute approximate surface area is 353 Å². The molecule has 0 radical (unpaired) electrons. The van der Waals surface area contributed by atoms with Gasteiger partial charge in [-0.05, 0) is 61.7 Å². The number of rotatable bonds is 18. The molecule has 6 aliphatic heterocycles. The Bertz CT molecular complexity index is 1270. The van der Waals surface area contributed by atoms with E-state index in [0.29, 0.717) is 48.7 Å². The van der Waals surface area contributed by atoms with Gasteiger partial charge in [-0.15, -0.1) is 0 Å². The zero-order chi connectivity index (χ0) is 42.7. The molecular weight excluding hydrogens is 869 g/mol. The molecule has 0 aromatic rings. The molecule has 0 atom stereocenters. The molecule has 0 spiro atoms. The van der Waals surface area contributed by atoms with Crippen molar-refractivity contribution in [1.82, 2.24) is 0 Å². The van der Waals surface area contributed by atoms with Crippen molar-refractivity contribution in [1.29, 1.82) is 0 Å². The van der Waals surface area contributed by atoms with Crippen molar-refractivity contribution in [2.45, 2.75) is 166 Å². The molecule has 6 rings (SSSR count). The van der Waals surface area contributed by atoms with Crippen LogP contribution in [-0.4, -0.2) is 82.6 Å². The van der Waals surface area contributed by atoms with Crippen LogP contribution in [0.5, 0.6) is 0 Å². The first-order valence-electron chi connectivity index (χ1n) is 21.7. The Morgan fingerprint density at radius 1 is 0.386 bits per heavy atom. The van der Waals surface area contributed by atoms with E-state index in [1.807, 2.05) is 20.8 Å². The summed E-state index contributed by atoms with van der Waals surface area (Å²) in [5.41, 5.74) is -0.775. The molecule has 57 heavy (non-hydrogen) atoms. The minimum Gasteiger partial charge on any atom is -0.461 e. The lowest BCUT2D eigenvalue weighted by Gasteiger charge is -2.63. The fraction of sp³-hybridized carbons (Fsp3) is 0.971. The highest BCUT2D eigenvalue weighted by Crippen LogP contribution is 2.55. The summed E-state index contributed by atoms with van der Waals surface area (Å²) in [6, 6.07) is 2.82. The van der Waals surface area contributed by atoms with Gasteiger partial charge in [0.2, 0.25) is 0 Å². The van der Waals surface area contributed by atoms with Crippen LogP contribution in [0.4, 0.5) is 0 Å². The average molecular weight is 946 g/mol. The van der Waals surface area contributed by atoms with Crippen LogP contribution in [0.25, 0.3) is 0 Å². The number of carbonyl (C=O) groups is 1. The largest absolute Gasteiger partial charge is 0.518 e. The normalized spacial score (nSPS) is 39.4. The fourth-order valence-electron chi connectivity index (χ4n) is 8.30. The van der Waals surface area contributed by atoms with Crippen LogP contribution < -0.4 is 0 Å². The van der Waals surface area contributed by atoms with Gasteiger partial charge < -0.3 is 54.1 Å². The maximum Gasteiger partial charge on any atom is 0.518 e. The maximum atomic E-state index is 13.9. The van der Waals surface area contributed by atoms with Crippen LogP contribution in [-0.2, 0) is 58.9 Å². The lowest BCUT2D eigenvalue weighted by Crippen LogP contribution is -2.89. The first kappa shape index (κ1) is 48.8. The van der Waals surface area contributed by atoms with E-state index in [4.69, 9.17) is 54.1 Å². The molecule has 0 aromatic carbocycles. The molecule has 22 heteroatoms. The Balaban J connectivity index is 1.95. The third kappa shape index (κ3) is 11.3. The monoisotopic (exact) mass is 944 g/mol. The highest BCUT2D eigenvalue weighted by Gasteiger charge is 2.83. The summed E-state index contributed by atoms with van der Waals surface area (Å²) in [7, 11) is -32.6. The molecule has 0 amide bonds. The van der Waals surface area contributed by atoms with Crippen LogP contribution in [0, 0.1) is 46.8 Å². The molecule has 14 nitrogen and oxygen atoms in total. The van der Waals surface area contributed by atoms with Crippen LogP contribution in [0.15, 0.2) is 0 Å². The zero-order valence-corrected chi connectivity index (χ0v) is 46.1. The summed E-state index contributed by atoms with van der Waals surface area (Å²) >= 11 is 0. The number of carbonyl (C=O) groups excluding carboxylic acids is 1. The zero-order valence-electron chi connectivity index (χ0n) is 38.1. The Morgan fingerprint density at radius 2 is 0.561 bits per heavy atom. The van der Waals surface area contributed by atoms with Gasteiger partial charge in [-0.3, -0.25) is 4.79 Å². The summed E-state index contributed by atoms with van der Waals surface area (Å²) in [5, 5.41) is 0. The van der Waals surface area contributed by atoms with Crippen LogP contribution in [0.2, 0.25) is 42.3 Å². The highest BCUT2D eigenvalue weighted by molar-refractivity contribution is 7.03. The van der Waals surface area contributed by atoms with Crippen molar-refractivity contribution in [2.24, 2.45) is 46.8 Å². The Hall–Kier alpha value is 0.725. The number of esters is 1. The van der Waals surface area contributed by atoms with Crippen molar-refractivity contribution >= 4 is 76.4 Å². The van der Waals surface area contributed by atoms with Gasteiger partial charge in [0.15, 0.2) is 6.23 Å². The molecule has 6 fully saturated rings. The van der Waals surface area contributed by atoms with Gasteiger partial charge in [-0.25, -0.2) is 0 Å². The molecular formula is C35H76O14Si8. The third-order valence-electron chi connectivity index (χ3n) is 10.2. The Morgan fingerprint density at radius 3 is 0.719 bits per heavy atom. The fourth-order valence-corrected chi connectivity index (χ4v) is 59.1. The minimum absolute atomic E-state index is 0.0309. The second kappa shape index (κ2) is 17.4. The predicted molar refractivity (Wildman–Crippen MR) is 232 cm³/mol. The quantitative estimate of drug-likeness (QED) is 0.0956. The van der Waals surface area contributed by atoms with Crippen LogP contribution >= 0.6 is 0 Å². The van der Waals surface area contributed by atoms with E-state index in [9.17, 15) is 4.79 Å². The molecule has 6 aliphatic rings. The summed E-state index contributed by atoms with van der Waals surface area (Å²) in [6.07, 6.45) is 0.251. The molecule has 0 aliphatic carbocycles. The molecule has 0 N–H and O–H groups in total. The number of hydrogen-bond acceptors (Lipinski definition) is 14. The van der Waals surface area contributed by atoms with Gasteiger partial charge in [0.1, 0.15) is 0 Å². The van der Waals surface area contributed by atoms with Crippen molar-refractivity contribution in [3.63, 3.8) is 0 Å². The van der Waals surface area contributed by atoms with Crippen molar-refractivity contribution in [3.8, 4) is 0 Å². The smallest absolute Gasteiger partial charge is 0.461 e. The van der Waals surface area contributed by atoms with Gasteiger partial charge in [0.25, 0.3) is 0 Å². The molecule has 0 unspecified atom stereocenters. The number of ether oxygens (including phenoxy) is 1. The topological polar surface area (TPSA) is 137 Å². The molecule has 8 bridgehead atoms. The molecule has 332 valence electrons. The van der Waals surface area contributed by atoms with Gasteiger partial charge in [0, 0.05) is 42.3 Å². The van der Waals surface area contributed by atoms with Gasteiger partial charge in [0.05, 0.1) is 5.41 Å². The predicted octanol–water partition coefficient (Wildman–Crippen LogP) is 8.88. The van der Waals surface area contributed by atoms with E-state index < -0.39 is 81.8 Å². The maximum absolute atomic E-state index is 13.9. The molecule has 0 saturated carbocycles. The second-order valence-corrected chi connectivity index (χ2v) is 44.6. The van der Waals surface area contributed by atoms with E-state index in [2.05, 4.69) is 96.9 Å². The summed E-state index contributed by atoms with van der Waals surface area (Å²) in [5.74, 6) is 0.00862. The van der Waals surface area contributed by atoms with Crippen molar-refractivity contribution in [3.05, 3.63) is 0 Å². The number of hydrogen-bond donors (Lipinski definition) is 0. The van der Waals surface area contributed by atoms with E-state index in [0.717, 1.165) is 0 Å². The van der Waals surface area contributed by atoms with Crippen LogP contribution in [0.1, 0.15) is 124 Å². The second-order valence-electron chi connectivity index (χ2n) is 20.7. The Kier molecular flexibility index (Phi) is 14.8. The van der Waals surface area contributed by atoms with E-state index in [1.165, 1.54) is 0 Å². The summed E-state index contributed by atoms with van der Waals surface area (Å²) in [4.78, 5) is 13.9. The van der Waals surface area contributed by atoms with Crippen molar-refractivity contribution in [2.75, 3.05) is 6.23 Å². The molecule has 6 heterocycles. The standard InChI is InChI=1S/C35H76O14Si8/c1-18-35(16,17)34(36)37-26-57-47-54(23-31(10)11)41-51(20-28(4)5)38-50(19-27(2)3)39-52(43-54,21-29(6)7)45-56(49-57,25-33(14)15)46-53(40-50,22-30(8)9)44-55(42-51,48-57)24-32(12)13/h27-33H,18-26H2,1-17H3. The van der Waals surface area contributed by atoms with E-state index in [-0.39, 0.29) is 47.7 Å². The third-order valence-corrected chi connectivity index (χ3v) is 49.7. The summed E-state index contributed by atoms with van der Waals surface area (Å²) < 4.78 is 98.8. The van der Waals surface area contributed by atoms with Crippen molar-refractivity contribution < 1.29 is 58.9 Å². The first-order chi connectivity index (χ1) is 26.1. The van der Waals surface area contributed by atoms with E-state index in [1.54, 1.807) is 0 Å².